The third-order valence-corrected chi connectivity index (χ3v) is 6.54. The van der Waals surface area contributed by atoms with E-state index in [1.54, 1.807) is 30.5 Å². The highest BCUT2D eigenvalue weighted by atomic mass is 32.2. The molecule has 0 saturated carbocycles. The molecule has 0 amide bonds. The minimum atomic E-state index is -3.59. The molecule has 26 heavy (non-hydrogen) atoms. The minimum absolute atomic E-state index is 0.295. The molecule has 2 heterocycles. The van der Waals surface area contributed by atoms with Crippen molar-refractivity contribution in [2.75, 3.05) is 13.2 Å². The van der Waals surface area contributed by atoms with Gasteiger partial charge in [0.05, 0.1) is 10.4 Å². The van der Waals surface area contributed by atoms with Crippen LogP contribution in [0.1, 0.15) is 18.4 Å². The van der Waals surface area contributed by atoms with E-state index in [4.69, 9.17) is 4.74 Å². The maximum absolute atomic E-state index is 13.0. The number of nitrogens with one attached hydrogen (secondary N) is 1. The van der Waals surface area contributed by atoms with E-state index in [-0.39, 0.29) is 0 Å². The van der Waals surface area contributed by atoms with Gasteiger partial charge in [0.2, 0.25) is 0 Å². The van der Waals surface area contributed by atoms with Gasteiger partial charge in [-0.05, 0) is 42.7 Å². The normalized spacial score (nSPS) is 16.2. The van der Waals surface area contributed by atoms with Crippen molar-refractivity contribution in [3.8, 4) is 0 Å². The van der Waals surface area contributed by atoms with Crippen molar-refractivity contribution in [2.24, 2.45) is 0 Å². The van der Waals surface area contributed by atoms with Crippen molar-refractivity contribution in [3.05, 3.63) is 66.4 Å². The third kappa shape index (κ3) is 3.40. The summed E-state index contributed by atoms with van der Waals surface area (Å²) in [5, 5.41) is 4.46. The van der Waals surface area contributed by atoms with Crippen LogP contribution < -0.4 is 5.32 Å². The zero-order valence-electron chi connectivity index (χ0n) is 14.5. The molecule has 0 atom stereocenters. The molecule has 4 rings (SSSR count). The number of nitrogens with zero attached hydrogens (tertiary/aromatic N) is 1. The average Bonchev–Trinajstić information content (AvgIpc) is 3.12. The van der Waals surface area contributed by atoms with Crippen molar-refractivity contribution in [1.82, 2.24) is 9.29 Å². The van der Waals surface area contributed by atoms with Crippen LogP contribution in [0.5, 0.6) is 0 Å². The van der Waals surface area contributed by atoms with E-state index in [9.17, 15) is 8.42 Å². The number of ether oxygens (including phenoxy) is 1. The largest absolute Gasteiger partial charge is 0.381 e. The molecule has 0 bridgehead atoms. The SMILES string of the molecule is O=S(=O)(c1ccccc1)n1ccc2ccc(CNC3CCOCC3)cc21. The van der Waals surface area contributed by atoms with Crippen molar-refractivity contribution in [2.45, 2.75) is 30.3 Å². The summed E-state index contributed by atoms with van der Waals surface area (Å²) in [5.74, 6) is 0. The fourth-order valence-electron chi connectivity index (χ4n) is 3.34. The zero-order valence-corrected chi connectivity index (χ0v) is 15.3. The van der Waals surface area contributed by atoms with Gasteiger partial charge in [-0.2, -0.15) is 0 Å². The Morgan fingerprint density at radius 2 is 1.81 bits per heavy atom. The Labute approximate surface area is 153 Å². The molecular formula is C20H22N2O3S. The Hall–Kier alpha value is -2.15. The predicted molar refractivity (Wildman–Crippen MR) is 102 cm³/mol. The van der Waals surface area contributed by atoms with Crippen LogP contribution in [0.25, 0.3) is 10.9 Å². The number of hydrogen-bond donors (Lipinski definition) is 1. The smallest absolute Gasteiger partial charge is 0.268 e. The predicted octanol–water partition coefficient (Wildman–Crippen LogP) is 3.15. The van der Waals surface area contributed by atoms with Gasteiger partial charge < -0.3 is 10.1 Å². The van der Waals surface area contributed by atoms with Gasteiger partial charge in [0.15, 0.2) is 0 Å². The summed E-state index contributed by atoms with van der Waals surface area (Å²) in [4.78, 5) is 0.295. The average molecular weight is 370 g/mol. The molecule has 0 unspecified atom stereocenters. The van der Waals surface area contributed by atoms with Gasteiger partial charge >= 0.3 is 0 Å². The van der Waals surface area contributed by atoms with E-state index in [1.807, 2.05) is 30.3 Å². The zero-order chi connectivity index (χ0) is 18.0. The fraction of sp³-hybridized carbons (Fsp3) is 0.300. The third-order valence-electron chi connectivity index (χ3n) is 4.84. The Morgan fingerprint density at radius 1 is 1.04 bits per heavy atom. The molecule has 3 aromatic rings. The lowest BCUT2D eigenvalue weighted by Crippen LogP contribution is -2.34. The summed E-state index contributed by atoms with van der Waals surface area (Å²) >= 11 is 0. The van der Waals surface area contributed by atoms with E-state index in [1.165, 1.54) is 3.97 Å². The quantitative estimate of drug-likeness (QED) is 0.750. The highest BCUT2D eigenvalue weighted by molar-refractivity contribution is 7.90. The van der Waals surface area contributed by atoms with Crippen LogP contribution in [-0.4, -0.2) is 31.6 Å². The highest BCUT2D eigenvalue weighted by Gasteiger charge is 2.19. The van der Waals surface area contributed by atoms with Crippen molar-refractivity contribution in [3.63, 3.8) is 0 Å². The monoisotopic (exact) mass is 370 g/mol. The number of fused-ring (bicyclic) bond motifs is 1. The van der Waals surface area contributed by atoms with Crippen LogP contribution in [0.2, 0.25) is 0 Å². The Morgan fingerprint density at radius 3 is 2.58 bits per heavy atom. The number of benzene rings is 2. The summed E-state index contributed by atoms with van der Waals surface area (Å²) in [6.07, 6.45) is 3.66. The molecule has 0 aliphatic carbocycles. The molecule has 1 N–H and O–H groups in total. The molecule has 5 nitrogen and oxygen atoms in total. The Kier molecular flexibility index (Phi) is 4.80. The lowest BCUT2D eigenvalue weighted by Gasteiger charge is -2.23. The summed E-state index contributed by atoms with van der Waals surface area (Å²) in [6.45, 7) is 2.32. The molecular weight excluding hydrogens is 348 g/mol. The Bertz CT molecular complexity index is 990. The van der Waals surface area contributed by atoms with E-state index in [0.29, 0.717) is 16.5 Å². The highest BCUT2D eigenvalue weighted by Crippen LogP contribution is 2.23. The van der Waals surface area contributed by atoms with Crippen LogP contribution in [0.4, 0.5) is 0 Å². The molecule has 1 saturated heterocycles. The molecule has 6 heteroatoms. The lowest BCUT2D eigenvalue weighted by atomic mass is 10.1. The fourth-order valence-corrected chi connectivity index (χ4v) is 4.71. The van der Waals surface area contributed by atoms with E-state index >= 15 is 0 Å². The standard InChI is InChI=1S/C20H22N2O3S/c23-26(24,19-4-2-1-3-5-19)22-11-8-17-7-6-16(14-20(17)22)15-21-18-9-12-25-13-10-18/h1-8,11,14,18,21H,9-10,12-13,15H2. The molecule has 2 aromatic carbocycles. The van der Waals surface area contributed by atoms with E-state index in [2.05, 4.69) is 5.32 Å². The second-order valence-electron chi connectivity index (χ2n) is 6.59. The van der Waals surface area contributed by atoms with Gasteiger partial charge in [-0.1, -0.05) is 30.3 Å². The molecule has 1 aliphatic heterocycles. The summed E-state index contributed by atoms with van der Waals surface area (Å²) < 4.78 is 32.7. The first-order chi connectivity index (χ1) is 12.6. The first kappa shape index (κ1) is 17.3. The van der Waals surface area contributed by atoms with Crippen LogP contribution in [0, 0.1) is 0 Å². The summed E-state index contributed by atoms with van der Waals surface area (Å²) in [5.41, 5.74) is 1.78. The maximum atomic E-state index is 13.0. The number of aromatic nitrogens is 1. The first-order valence-corrected chi connectivity index (χ1v) is 10.3. The van der Waals surface area contributed by atoms with E-state index < -0.39 is 10.0 Å². The molecule has 1 fully saturated rings. The van der Waals surface area contributed by atoms with Gasteiger partial charge in [-0.15, -0.1) is 0 Å². The Balaban J connectivity index is 1.62. The molecule has 0 spiro atoms. The van der Waals surface area contributed by atoms with Crippen molar-refractivity contribution < 1.29 is 13.2 Å². The molecule has 136 valence electrons. The van der Waals surface area contributed by atoms with Crippen LogP contribution in [0.15, 0.2) is 65.7 Å². The van der Waals surface area contributed by atoms with Gasteiger partial charge in [-0.3, -0.25) is 0 Å². The second kappa shape index (κ2) is 7.23. The van der Waals surface area contributed by atoms with Gasteiger partial charge in [0.25, 0.3) is 10.0 Å². The van der Waals surface area contributed by atoms with Crippen molar-refractivity contribution >= 4 is 20.9 Å². The van der Waals surface area contributed by atoms with Crippen molar-refractivity contribution in [1.29, 1.82) is 0 Å². The summed E-state index contributed by atoms with van der Waals surface area (Å²) in [7, 11) is -3.59. The van der Waals surface area contributed by atoms with Crippen LogP contribution in [0.3, 0.4) is 0 Å². The number of rotatable bonds is 5. The minimum Gasteiger partial charge on any atom is -0.381 e. The van der Waals surface area contributed by atoms with Crippen LogP contribution in [-0.2, 0) is 21.3 Å². The molecule has 1 aliphatic rings. The second-order valence-corrected chi connectivity index (χ2v) is 8.41. The molecule has 0 radical (unpaired) electrons. The number of hydrogen-bond acceptors (Lipinski definition) is 4. The first-order valence-electron chi connectivity index (χ1n) is 8.86. The van der Waals surface area contributed by atoms with E-state index in [0.717, 1.165) is 43.5 Å². The van der Waals surface area contributed by atoms with Gasteiger partial charge in [-0.25, -0.2) is 12.4 Å². The topological polar surface area (TPSA) is 60.3 Å². The van der Waals surface area contributed by atoms with Gasteiger partial charge in [0.1, 0.15) is 0 Å². The lowest BCUT2D eigenvalue weighted by molar-refractivity contribution is 0.0776. The van der Waals surface area contributed by atoms with Gasteiger partial charge in [0, 0.05) is 37.4 Å². The summed E-state index contributed by atoms with van der Waals surface area (Å²) in [6, 6.07) is 16.8. The maximum Gasteiger partial charge on any atom is 0.268 e. The van der Waals surface area contributed by atoms with Crippen LogP contribution >= 0.6 is 0 Å². The molecule has 1 aromatic heterocycles.